The maximum Gasteiger partial charge on any atom is 0.433 e. The van der Waals surface area contributed by atoms with E-state index >= 15 is 0 Å². The Balaban J connectivity index is 2.63. The number of nitrogens with one attached hydrogen (secondary N) is 1. The Bertz CT molecular complexity index is 398. The Hall–Kier alpha value is -1.08. The SMILES string of the molecule is CC(O)CCCNc1cc(C(F)(F)F)nc(Cl)n1. The minimum atomic E-state index is -4.55. The summed E-state index contributed by atoms with van der Waals surface area (Å²) in [6, 6.07) is 0.800. The highest BCUT2D eigenvalue weighted by Crippen LogP contribution is 2.29. The smallest absolute Gasteiger partial charge is 0.393 e. The van der Waals surface area contributed by atoms with Crippen LogP contribution in [0.25, 0.3) is 0 Å². The highest BCUT2D eigenvalue weighted by molar-refractivity contribution is 6.28. The number of rotatable bonds is 5. The van der Waals surface area contributed by atoms with Gasteiger partial charge in [-0.25, -0.2) is 9.97 Å². The number of hydrogen-bond donors (Lipinski definition) is 2. The zero-order valence-electron chi connectivity index (χ0n) is 9.63. The van der Waals surface area contributed by atoms with Crippen molar-refractivity contribution in [3.05, 3.63) is 17.0 Å². The quantitative estimate of drug-likeness (QED) is 0.644. The van der Waals surface area contributed by atoms with E-state index in [0.717, 1.165) is 6.07 Å². The largest absolute Gasteiger partial charge is 0.433 e. The fourth-order valence-corrected chi connectivity index (χ4v) is 1.45. The lowest BCUT2D eigenvalue weighted by atomic mass is 10.2. The maximum atomic E-state index is 12.4. The average molecular weight is 284 g/mol. The predicted octanol–water partition coefficient (Wildman–Crippen LogP) is 2.72. The molecule has 102 valence electrons. The molecule has 0 bridgehead atoms. The van der Waals surface area contributed by atoms with E-state index < -0.39 is 23.3 Å². The first-order valence-electron chi connectivity index (χ1n) is 5.33. The number of anilines is 1. The van der Waals surface area contributed by atoms with E-state index in [-0.39, 0.29) is 5.82 Å². The second kappa shape index (κ2) is 6.19. The van der Waals surface area contributed by atoms with Gasteiger partial charge in [0.25, 0.3) is 0 Å². The number of alkyl halides is 3. The first-order valence-corrected chi connectivity index (χ1v) is 5.70. The highest BCUT2D eigenvalue weighted by atomic mass is 35.5. The van der Waals surface area contributed by atoms with Crippen LogP contribution in [0.2, 0.25) is 5.28 Å². The Morgan fingerprint density at radius 1 is 1.44 bits per heavy atom. The molecule has 18 heavy (non-hydrogen) atoms. The summed E-state index contributed by atoms with van der Waals surface area (Å²) in [6.45, 7) is 2.04. The van der Waals surface area contributed by atoms with Crippen LogP contribution >= 0.6 is 11.6 Å². The molecule has 8 heteroatoms. The number of aliphatic hydroxyl groups is 1. The van der Waals surface area contributed by atoms with Crippen molar-refractivity contribution in [3.63, 3.8) is 0 Å². The number of aliphatic hydroxyl groups excluding tert-OH is 1. The molecule has 0 radical (unpaired) electrons. The molecule has 1 atom stereocenters. The van der Waals surface area contributed by atoms with E-state index in [1.807, 2.05) is 0 Å². The molecular weight excluding hydrogens is 271 g/mol. The van der Waals surface area contributed by atoms with E-state index in [4.69, 9.17) is 16.7 Å². The molecule has 0 aliphatic carbocycles. The molecule has 1 heterocycles. The number of aromatic nitrogens is 2. The lowest BCUT2D eigenvalue weighted by Gasteiger charge is -2.10. The van der Waals surface area contributed by atoms with Gasteiger partial charge in [-0.2, -0.15) is 13.2 Å². The zero-order chi connectivity index (χ0) is 13.8. The normalized spacial score (nSPS) is 13.4. The van der Waals surface area contributed by atoms with Crippen LogP contribution in [0.3, 0.4) is 0 Å². The molecule has 0 saturated carbocycles. The van der Waals surface area contributed by atoms with Crippen LogP contribution in [-0.2, 0) is 6.18 Å². The van der Waals surface area contributed by atoms with E-state index in [9.17, 15) is 13.2 Å². The van der Waals surface area contributed by atoms with Crippen LogP contribution in [0.4, 0.5) is 19.0 Å². The van der Waals surface area contributed by atoms with Crippen molar-refractivity contribution in [2.45, 2.75) is 32.0 Å². The van der Waals surface area contributed by atoms with Gasteiger partial charge in [0.15, 0.2) is 5.69 Å². The van der Waals surface area contributed by atoms with E-state index in [2.05, 4.69) is 15.3 Å². The van der Waals surface area contributed by atoms with Crippen LogP contribution in [-0.4, -0.2) is 27.7 Å². The Kier molecular flexibility index (Phi) is 5.15. The summed E-state index contributed by atoms with van der Waals surface area (Å²) >= 11 is 5.42. The Morgan fingerprint density at radius 3 is 2.67 bits per heavy atom. The minimum Gasteiger partial charge on any atom is -0.393 e. The first-order chi connectivity index (χ1) is 8.29. The fraction of sp³-hybridized carbons (Fsp3) is 0.600. The van der Waals surface area contributed by atoms with Crippen LogP contribution in [0.1, 0.15) is 25.5 Å². The predicted molar refractivity (Wildman–Crippen MR) is 61.4 cm³/mol. The standard InChI is InChI=1S/C10H13ClF3N3O/c1-6(18)3-2-4-15-8-5-7(10(12,13)14)16-9(11)17-8/h5-6,18H,2-4H2,1H3,(H,15,16,17). The summed E-state index contributed by atoms with van der Waals surface area (Å²) in [6.07, 6.45) is -3.83. The van der Waals surface area contributed by atoms with Crippen molar-refractivity contribution in [3.8, 4) is 0 Å². The molecule has 1 unspecified atom stereocenters. The summed E-state index contributed by atoms with van der Waals surface area (Å²) < 4.78 is 37.3. The molecule has 1 aromatic rings. The summed E-state index contributed by atoms with van der Waals surface area (Å²) in [5.41, 5.74) is -1.08. The molecule has 1 aromatic heterocycles. The second-order valence-electron chi connectivity index (χ2n) is 3.82. The van der Waals surface area contributed by atoms with Crippen LogP contribution in [0.15, 0.2) is 6.07 Å². The van der Waals surface area contributed by atoms with Crippen LogP contribution < -0.4 is 5.32 Å². The van der Waals surface area contributed by atoms with Gasteiger partial charge in [-0.1, -0.05) is 0 Å². The number of nitrogens with zero attached hydrogens (tertiary/aromatic N) is 2. The number of hydrogen-bond acceptors (Lipinski definition) is 4. The Labute approximate surface area is 107 Å². The molecular formula is C10H13ClF3N3O. The van der Waals surface area contributed by atoms with Crippen LogP contribution in [0.5, 0.6) is 0 Å². The summed E-state index contributed by atoms with van der Waals surface area (Å²) in [5.74, 6) is 0.0212. The van der Waals surface area contributed by atoms with Crippen molar-refractivity contribution in [1.82, 2.24) is 9.97 Å². The molecule has 4 nitrogen and oxygen atoms in total. The molecule has 0 spiro atoms. The monoisotopic (exact) mass is 283 g/mol. The molecule has 0 aromatic carbocycles. The van der Waals surface area contributed by atoms with Crippen LogP contribution in [0, 0.1) is 0 Å². The van der Waals surface area contributed by atoms with Crippen molar-refractivity contribution in [2.75, 3.05) is 11.9 Å². The van der Waals surface area contributed by atoms with Crippen molar-refractivity contribution in [1.29, 1.82) is 0 Å². The van der Waals surface area contributed by atoms with Gasteiger partial charge in [-0.15, -0.1) is 0 Å². The van der Waals surface area contributed by atoms with Gasteiger partial charge < -0.3 is 10.4 Å². The summed E-state index contributed by atoms with van der Waals surface area (Å²) in [7, 11) is 0. The lowest BCUT2D eigenvalue weighted by molar-refractivity contribution is -0.141. The lowest BCUT2D eigenvalue weighted by Crippen LogP contribution is -2.12. The maximum absolute atomic E-state index is 12.4. The average Bonchev–Trinajstić information content (AvgIpc) is 2.22. The molecule has 0 amide bonds. The zero-order valence-corrected chi connectivity index (χ0v) is 10.4. The minimum absolute atomic E-state index is 0.0212. The van der Waals surface area contributed by atoms with Crippen molar-refractivity contribution >= 4 is 17.4 Å². The van der Waals surface area contributed by atoms with Gasteiger partial charge in [0.2, 0.25) is 5.28 Å². The van der Waals surface area contributed by atoms with Gasteiger partial charge in [-0.3, -0.25) is 0 Å². The molecule has 0 saturated heterocycles. The summed E-state index contributed by atoms with van der Waals surface area (Å²) in [4.78, 5) is 6.76. The summed E-state index contributed by atoms with van der Waals surface area (Å²) in [5, 5.41) is 11.3. The van der Waals surface area contributed by atoms with E-state index in [1.54, 1.807) is 6.92 Å². The second-order valence-corrected chi connectivity index (χ2v) is 4.16. The Morgan fingerprint density at radius 2 is 2.11 bits per heavy atom. The van der Waals surface area contributed by atoms with Gasteiger partial charge in [0.05, 0.1) is 6.10 Å². The molecule has 1 rings (SSSR count). The molecule has 0 aliphatic rings. The van der Waals surface area contributed by atoms with E-state index in [0.29, 0.717) is 19.4 Å². The topological polar surface area (TPSA) is 58.0 Å². The van der Waals surface area contributed by atoms with Crippen molar-refractivity contribution < 1.29 is 18.3 Å². The third kappa shape index (κ3) is 5.05. The highest BCUT2D eigenvalue weighted by Gasteiger charge is 2.33. The molecule has 0 fully saturated rings. The van der Waals surface area contributed by atoms with Gasteiger partial charge in [0.1, 0.15) is 5.82 Å². The fourth-order valence-electron chi connectivity index (χ4n) is 1.27. The number of halogens is 4. The molecule has 2 N–H and O–H groups in total. The third-order valence-electron chi connectivity index (χ3n) is 2.09. The van der Waals surface area contributed by atoms with Gasteiger partial charge in [-0.05, 0) is 31.4 Å². The molecule has 0 aliphatic heterocycles. The third-order valence-corrected chi connectivity index (χ3v) is 2.26. The van der Waals surface area contributed by atoms with E-state index in [1.165, 1.54) is 0 Å². The van der Waals surface area contributed by atoms with Crippen molar-refractivity contribution in [2.24, 2.45) is 0 Å². The van der Waals surface area contributed by atoms with Gasteiger partial charge in [0, 0.05) is 12.6 Å². The first kappa shape index (κ1) is 15.0. The van der Waals surface area contributed by atoms with Gasteiger partial charge >= 0.3 is 6.18 Å².